The molecule has 2 unspecified atom stereocenters. The first kappa shape index (κ1) is 15.3. The summed E-state index contributed by atoms with van der Waals surface area (Å²) in [4.78, 5) is 4.37. The third-order valence-electron chi connectivity index (χ3n) is 3.42. The van der Waals surface area contributed by atoms with E-state index < -0.39 is 6.10 Å². The van der Waals surface area contributed by atoms with Crippen LogP contribution in [0.2, 0.25) is 0 Å². The van der Waals surface area contributed by atoms with Gasteiger partial charge in [0, 0.05) is 5.56 Å². The first-order valence-electron chi connectivity index (χ1n) is 6.84. The van der Waals surface area contributed by atoms with Crippen LogP contribution in [0.4, 0.5) is 0 Å². The Hall–Kier alpha value is -2.08. The molecule has 2 atom stereocenters. The summed E-state index contributed by atoms with van der Waals surface area (Å²) in [5, 5.41) is 13.7. The highest BCUT2D eigenvalue weighted by atomic mass is 16.5. The number of hydrogen-bond acceptors (Lipinski definition) is 6. The van der Waals surface area contributed by atoms with Gasteiger partial charge < -0.3 is 19.1 Å². The topological polar surface area (TPSA) is 77.6 Å². The van der Waals surface area contributed by atoms with E-state index in [1.165, 1.54) is 0 Å². The van der Waals surface area contributed by atoms with Crippen LogP contribution in [0.5, 0.6) is 11.5 Å². The molecule has 0 amide bonds. The van der Waals surface area contributed by atoms with Crippen LogP contribution >= 0.6 is 0 Å². The molecule has 0 aliphatic rings. The average molecular weight is 292 g/mol. The van der Waals surface area contributed by atoms with E-state index in [-0.39, 0.29) is 5.92 Å². The number of benzene rings is 1. The van der Waals surface area contributed by atoms with Crippen molar-refractivity contribution in [1.29, 1.82) is 0 Å². The maximum atomic E-state index is 9.73. The predicted octanol–water partition coefficient (Wildman–Crippen LogP) is 2.63. The molecule has 0 fully saturated rings. The lowest BCUT2D eigenvalue weighted by Crippen LogP contribution is -2.13. The Kier molecular flexibility index (Phi) is 4.80. The van der Waals surface area contributed by atoms with Gasteiger partial charge in [-0.25, -0.2) is 0 Å². The van der Waals surface area contributed by atoms with Crippen LogP contribution in [-0.4, -0.2) is 35.6 Å². The van der Waals surface area contributed by atoms with Crippen molar-refractivity contribution in [2.24, 2.45) is 0 Å². The predicted molar refractivity (Wildman–Crippen MR) is 77.6 cm³/mol. The largest absolute Gasteiger partial charge is 0.493 e. The van der Waals surface area contributed by atoms with Crippen LogP contribution in [-0.2, 0) is 0 Å². The van der Waals surface area contributed by atoms with Crippen molar-refractivity contribution in [2.45, 2.75) is 32.3 Å². The fourth-order valence-corrected chi connectivity index (χ4v) is 2.20. The van der Waals surface area contributed by atoms with Gasteiger partial charge in [-0.2, -0.15) is 4.98 Å². The lowest BCUT2D eigenvalue weighted by atomic mass is 10.0. The van der Waals surface area contributed by atoms with Crippen LogP contribution < -0.4 is 9.47 Å². The Labute approximate surface area is 123 Å². The molecule has 0 aliphatic heterocycles. The molecule has 0 saturated heterocycles. The van der Waals surface area contributed by atoms with Gasteiger partial charge in [0.05, 0.1) is 26.2 Å². The summed E-state index contributed by atoms with van der Waals surface area (Å²) >= 11 is 0. The van der Waals surface area contributed by atoms with Crippen molar-refractivity contribution >= 4 is 0 Å². The monoisotopic (exact) mass is 292 g/mol. The van der Waals surface area contributed by atoms with Gasteiger partial charge in [0.2, 0.25) is 11.7 Å². The van der Waals surface area contributed by atoms with Crippen molar-refractivity contribution in [1.82, 2.24) is 10.1 Å². The summed E-state index contributed by atoms with van der Waals surface area (Å²) in [6.45, 7) is 3.69. The zero-order valence-corrected chi connectivity index (χ0v) is 12.7. The number of nitrogens with zero attached hydrogens (tertiary/aromatic N) is 2. The molecule has 1 heterocycles. The Morgan fingerprint density at radius 2 is 1.95 bits per heavy atom. The van der Waals surface area contributed by atoms with E-state index in [0.29, 0.717) is 23.2 Å². The first-order valence-corrected chi connectivity index (χ1v) is 6.84. The van der Waals surface area contributed by atoms with Crippen molar-refractivity contribution in [3.8, 4) is 22.9 Å². The highest BCUT2D eigenvalue weighted by molar-refractivity contribution is 5.60. The van der Waals surface area contributed by atoms with E-state index in [2.05, 4.69) is 10.1 Å². The van der Waals surface area contributed by atoms with Crippen molar-refractivity contribution < 1.29 is 19.1 Å². The van der Waals surface area contributed by atoms with Crippen LogP contribution in [0.15, 0.2) is 22.7 Å². The molecule has 114 valence electrons. The van der Waals surface area contributed by atoms with E-state index in [0.717, 1.165) is 12.0 Å². The van der Waals surface area contributed by atoms with Gasteiger partial charge in [0.15, 0.2) is 11.5 Å². The summed E-state index contributed by atoms with van der Waals surface area (Å²) in [5.74, 6) is 1.98. The lowest BCUT2D eigenvalue weighted by molar-refractivity contribution is 0.141. The summed E-state index contributed by atoms with van der Waals surface area (Å²) in [7, 11) is 3.16. The molecule has 1 aromatic carbocycles. The van der Waals surface area contributed by atoms with Crippen LogP contribution in [0, 0.1) is 0 Å². The third-order valence-corrected chi connectivity index (χ3v) is 3.42. The Bertz CT molecular complexity index is 595. The molecule has 0 bridgehead atoms. The normalized spacial score (nSPS) is 13.8. The summed E-state index contributed by atoms with van der Waals surface area (Å²) in [6, 6.07) is 5.41. The zero-order chi connectivity index (χ0) is 15.4. The number of aliphatic hydroxyl groups is 1. The molecule has 1 aromatic heterocycles. The SMILES string of the molecule is CCC(c1nc(-c2ccc(OC)c(OC)c2)no1)C(C)O. The number of aliphatic hydroxyl groups excluding tert-OH is 1. The number of rotatable bonds is 6. The zero-order valence-electron chi connectivity index (χ0n) is 12.7. The van der Waals surface area contributed by atoms with Crippen molar-refractivity contribution in [3.63, 3.8) is 0 Å². The van der Waals surface area contributed by atoms with E-state index >= 15 is 0 Å². The Morgan fingerprint density at radius 1 is 1.24 bits per heavy atom. The van der Waals surface area contributed by atoms with Gasteiger partial charge in [-0.3, -0.25) is 0 Å². The second kappa shape index (κ2) is 6.58. The minimum atomic E-state index is -0.534. The molecule has 0 spiro atoms. The summed E-state index contributed by atoms with van der Waals surface area (Å²) in [5.41, 5.74) is 0.767. The minimum Gasteiger partial charge on any atom is -0.493 e. The smallest absolute Gasteiger partial charge is 0.232 e. The molecular weight excluding hydrogens is 272 g/mol. The number of methoxy groups -OCH3 is 2. The Balaban J connectivity index is 2.33. The van der Waals surface area contributed by atoms with Crippen LogP contribution in [0.3, 0.4) is 0 Å². The van der Waals surface area contributed by atoms with Gasteiger partial charge in [-0.1, -0.05) is 12.1 Å². The molecule has 0 saturated carbocycles. The molecule has 2 aromatic rings. The van der Waals surface area contributed by atoms with Crippen LogP contribution in [0.1, 0.15) is 32.1 Å². The van der Waals surface area contributed by atoms with E-state index in [9.17, 15) is 5.11 Å². The van der Waals surface area contributed by atoms with Crippen LogP contribution in [0.25, 0.3) is 11.4 Å². The number of aromatic nitrogens is 2. The van der Waals surface area contributed by atoms with Gasteiger partial charge >= 0.3 is 0 Å². The molecule has 2 rings (SSSR count). The number of hydrogen-bond donors (Lipinski definition) is 1. The summed E-state index contributed by atoms with van der Waals surface area (Å²) < 4.78 is 15.7. The maximum absolute atomic E-state index is 9.73. The third kappa shape index (κ3) is 3.16. The molecule has 0 aliphatic carbocycles. The van der Waals surface area contributed by atoms with Gasteiger partial charge in [0.25, 0.3) is 0 Å². The molecular formula is C15H20N2O4. The van der Waals surface area contributed by atoms with E-state index in [1.54, 1.807) is 33.3 Å². The molecule has 0 radical (unpaired) electrons. The van der Waals surface area contributed by atoms with Gasteiger partial charge in [-0.05, 0) is 31.5 Å². The molecule has 6 nitrogen and oxygen atoms in total. The van der Waals surface area contributed by atoms with E-state index in [4.69, 9.17) is 14.0 Å². The second-order valence-electron chi connectivity index (χ2n) is 4.78. The number of ether oxygens (including phenoxy) is 2. The Morgan fingerprint density at radius 3 is 2.52 bits per heavy atom. The van der Waals surface area contributed by atoms with E-state index in [1.807, 2.05) is 13.0 Å². The minimum absolute atomic E-state index is 0.161. The standard InChI is InChI=1S/C15H20N2O4/c1-5-11(9(2)18)15-16-14(17-21-15)10-6-7-12(19-3)13(8-10)20-4/h6-9,11,18H,5H2,1-4H3. The van der Waals surface area contributed by atoms with Crippen molar-refractivity contribution in [2.75, 3.05) is 14.2 Å². The van der Waals surface area contributed by atoms with Crippen molar-refractivity contribution in [3.05, 3.63) is 24.1 Å². The highest BCUT2D eigenvalue weighted by Gasteiger charge is 2.22. The lowest BCUT2D eigenvalue weighted by Gasteiger charge is -2.12. The first-order chi connectivity index (χ1) is 10.1. The molecule has 21 heavy (non-hydrogen) atoms. The second-order valence-corrected chi connectivity index (χ2v) is 4.78. The maximum Gasteiger partial charge on any atom is 0.232 e. The molecule has 6 heteroatoms. The fourth-order valence-electron chi connectivity index (χ4n) is 2.20. The van der Waals surface area contributed by atoms with Gasteiger partial charge in [0.1, 0.15) is 0 Å². The van der Waals surface area contributed by atoms with Gasteiger partial charge in [-0.15, -0.1) is 0 Å². The molecule has 1 N–H and O–H groups in total. The quantitative estimate of drug-likeness (QED) is 0.882. The fraction of sp³-hybridized carbons (Fsp3) is 0.467. The summed E-state index contributed by atoms with van der Waals surface area (Å²) in [6.07, 6.45) is 0.194. The highest BCUT2D eigenvalue weighted by Crippen LogP contribution is 2.32. The average Bonchev–Trinajstić information content (AvgIpc) is 2.96.